The Hall–Kier alpha value is -1.62. The van der Waals surface area contributed by atoms with Crippen molar-refractivity contribution in [1.29, 1.82) is 0 Å². The molecule has 1 fully saturated rings. The number of nitrogens with zero attached hydrogens (tertiary/aromatic N) is 1. The second-order valence-corrected chi connectivity index (χ2v) is 5.93. The number of amides is 1. The molecule has 0 bridgehead atoms. The van der Waals surface area contributed by atoms with Gasteiger partial charge in [-0.3, -0.25) is 9.59 Å². The van der Waals surface area contributed by atoms with E-state index in [9.17, 15) is 9.59 Å². The Kier molecular flexibility index (Phi) is 5.56. The lowest BCUT2D eigenvalue weighted by atomic mass is 9.87. The Morgan fingerprint density at radius 2 is 2.10 bits per heavy atom. The summed E-state index contributed by atoms with van der Waals surface area (Å²) < 4.78 is 1.48. The van der Waals surface area contributed by atoms with Crippen molar-refractivity contribution in [3.63, 3.8) is 0 Å². The lowest BCUT2D eigenvalue weighted by Gasteiger charge is -2.26. The first-order chi connectivity index (χ1) is 10.1. The molecule has 5 heteroatoms. The third-order valence-electron chi connectivity index (χ3n) is 4.17. The predicted molar refractivity (Wildman–Crippen MR) is 81.3 cm³/mol. The number of carbonyl (C=O) groups excluding carboxylic acids is 1. The van der Waals surface area contributed by atoms with E-state index in [4.69, 9.17) is 5.11 Å². The zero-order valence-electron chi connectivity index (χ0n) is 12.5. The molecule has 0 radical (unpaired) electrons. The fraction of sp³-hybridized carbons (Fsp3) is 0.625. The van der Waals surface area contributed by atoms with E-state index in [1.165, 1.54) is 4.57 Å². The minimum Gasteiger partial charge on any atom is -0.396 e. The number of rotatable bonds is 5. The molecule has 1 amide bonds. The quantitative estimate of drug-likeness (QED) is 0.864. The maximum absolute atomic E-state index is 12.3. The molecule has 1 aromatic heterocycles. The molecule has 0 saturated heterocycles. The van der Waals surface area contributed by atoms with Crippen LogP contribution in [0.25, 0.3) is 0 Å². The largest absolute Gasteiger partial charge is 0.396 e. The Morgan fingerprint density at radius 3 is 2.76 bits per heavy atom. The average molecular weight is 292 g/mol. The van der Waals surface area contributed by atoms with Gasteiger partial charge in [0.2, 0.25) is 0 Å². The maximum atomic E-state index is 12.3. The molecule has 21 heavy (non-hydrogen) atoms. The summed E-state index contributed by atoms with van der Waals surface area (Å²) in [5, 5.41) is 11.8. The standard InChI is InChI=1S/C16H24N2O3/c1-12-5-7-13(8-6-12)17-15(20)14-4-2-9-18(16(14)21)10-3-11-19/h2,4,9,12-13,19H,3,5-8,10-11H2,1H3,(H,17,20). The molecule has 2 rings (SSSR count). The molecule has 0 atom stereocenters. The van der Waals surface area contributed by atoms with Crippen LogP contribution in [0.15, 0.2) is 23.1 Å². The van der Waals surface area contributed by atoms with Crippen LogP contribution in [0, 0.1) is 5.92 Å². The van der Waals surface area contributed by atoms with Gasteiger partial charge in [-0.15, -0.1) is 0 Å². The van der Waals surface area contributed by atoms with Crippen molar-refractivity contribution in [2.45, 2.75) is 51.6 Å². The van der Waals surface area contributed by atoms with Gasteiger partial charge in [0.25, 0.3) is 11.5 Å². The molecule has 1 aliphatic carbocycles. The van der Waals surface area contributed by atoms with Crippen molar-refractivity contribution < 1.29 is 9.90 Å². The van der Waals surface area contributed by atoms with E-state index in [0.717, 1.165) is 31.6 Å². The van der Waals surface area contributed by atoms with Crippen molar-refractivity contribution in [2.75, 3.05) is 6.61 Å². The Morgan fingerprint density at radius 1 is 1.38 bits per heavy atom. The van der Waals surface area contributed by atoms with Crippen LogP contribution < -0.4 is 10.9 Å². The fourth-order valence-electron chi connectivity index (χ4n) is 2.79. The number of carbonyl (C=O) groups is 1. The van der Waals surface area contributed by atoms with E-state index in [2.05, 4.69) is 12.2 Å². The molecule has 0 aromatic carbocycles. The first-order valence-electron chi connectivity index (χ1n) is 7.73. The van der Waals surface area contributed by atoms with E-state index in [-0.39, 0.29) is 29.7 Å². The SMILES string of the molecule is CC1CCC(NC(=O)c2cccn(CCCO)c2=O)CC1. The molecule has 116 valence electrons. The third kappa shape index (κ3) is 4.17. The maximum Gasteiger partial charge on any atom is 0.263 e. The van der Waals surface area contributed by atoms with Crippen LogP contribution in [-0.2, 0) is 6.54 Å². The molecule has 1 heterocycles. The van der Waals surface area contributed by atoms with Gasteiger partial charge in [-0.05, 0) is 50.2 Å². The second-order valence-electron chi connectivity index (χ2n) is 5.93. The summed E-state index contributed by atoms with van der Waals surface area (Å²) in [6.45, 7) is 2.69. The summed E-state index contributed by atoms with van der Waals surface area (Å²) in [7, 11) is 0. The highest BCUT2D eigenvalue weighted by molar-refractivity contribution is 5.93. The molecule has 2 N–H and O–H groups in total. The number of aliphatic hydroxyl groups is 1. The normalized spacial score (nSPS) is 22.0. The van der Waals surface area contributed by atoms with Crippen LogP contribution >= 0.6 is 0 Å². The van der Waals surface area contributed by atoms with Gasteiger partial charge in [0.05, 0.1) is 0 Å². The van der Waals surface area contributed by atoms with E-state index < -0.39 is 0 Å². The van der Waals surface area contributed by atoms with Crippen LogP contribution in [0.2, 0.25) is 0 Å². The van der Waals surface area contributed by atoms with Crippen molar-refractivity contribution >= 4 is 5.91 Å². The van der Waals surface area contributed by atoms with E-state index in [1.54, 1.807) is 18.3 Å². The number of pyridine rings is 1. The highest BCUT2D eigenvalue weighted by atomic mass is 16.3. The summed E-state index contributed by atoms with van der Waals surface area (Å²) >= 11 is 0. The number of hydrogen-bond donors (Lipinski definition) is 2. The molecule has 1 aliphatic rings. The topological polar surface area (TPSA) is 71.3 Å². The number of hydrogen-bond acceptors (Lipinski definition) is 3. The van der Waals surface area contributed by atoms with Crippen molar-refractivity contribution in [3.8, 4) is 0 Å². The first kappa shape index (κ1) is 15.8. The van der Waals surface area contributed by atoms with Gasteiger partial charge in [0.15, 0.2) is 0 Å². The number of aliphatic hydroxyl groups excluding tert-OH is 1. The van der Waals surface area contributed by atoms with Gasteiger partial charge in [-0.2, -0.15) is 0 Å². The lowest BCUT2D eigenvalue weighted by molar-refractivity contribution is 0.0921. The van der Waals surface area contributed by atoms with Crippen molar-refractivity contribution in [1.82, 2.24) is 9.88 Å². The summed E-state index contributed by atoms with van der Waals surface area (Å²) in [5.74, 6) is 0.448. The number of aryl methyl sites for hydroxylation is 1. The molecule has 1 saturated carbocycles. The van der Waals surface area contributed by atoms with Crippen LogP contribution in [-0.4, -0.2) is 28.2 Å². The molecule has 0 unspecified atom stereocenters. The Balaban J connectivity index is 2.03. The lowest BCUT2D eigenvalue weighted by Crippen LogP contribution is -2.40. The highest BCUT2D eigenvalue weighted by Gasteiger charge is 2.21. The van der Waals surface area contributed by atoms with Gasteiger partial charge >= 0.3 is 0 Å². The van der Waals surface area contributed by atoms with E-state index >= 15 is 0 Å². The van der Waals surface area contributed by atoms with Crippen molar-refractivity contribution in [2.24, 2.45) is 5.92 Å². The van der Waals surface area contributed by atoms with Gasteiger partial charge in [-0.1, -0.05) is 6.92 Å². The smallest absolute Gasteiger partial charge is 0.263 e. The highest BCUT2D eigenvalue weighted by Crippen LogP contribution is 2.23. The number of nitrogens with one attached hydrogen (secondary N) is 1. The zero-order chi connectivity index (χ0) is 15.2. The van der Waals surface area contributed by atoms with Gasteiger partial charge in [-0.25, -0.2) is 0 Å². The fourth-order valence-corrected chi connectivity index (χ4v) is 2.79. The third-order valence-corrected chi connectivity index (χ3v) is 4.17. The van der Waals surface area contributed by atoms with Crippen LogP contribution in [0.5, 0.6) is 0 Å². The van der Waals surface area contributed by atoms with E-state index in [1.807, 2.05) is 0 Å². The molecular formula is C16H24N2O3. The Bertz CT molecular complexity index is 531. The number of aromatic nitrogens is 1. The second kappa shape index (κ2) is 7.41. The summed E-state index contributed by atoms with van der Waals surface area (Å²) in [5.41, 5.74) is -0.0957. The summed E-state index contributed by atoms with van der Waals surface area (Å²) in [6, 6.07) is 3.45. The molecule has 0 aliphatic heterocycles. The molecule has 1 aromatic rings. The predicted octanol–water partition coefficient (Wildman–Crippen LogP) is 1.54. The van der Waals surface area contributed by atoms with Crippen molar-refractivity contribution in [3.05, 3.63) is 34.2 Å². The van der Waals surface area contributed by atoms with Crippen LogP contribution in [0.1, 0.15) is 49.4 Å². The molecule has 5 nitrogen and oxygen atoms in total. The average Bonchev–Trinajstić information content (AvgIpc) is 2.48. The van der Waals surface area contributed by atoms with Crippen LogP contribution in [0.4, 0.5) is 0 Å². The van der Waals surface area contributed by atoms with Gasteiger partial charge in [0, 0.05) is 25.4 Å². The molecular weight excluding hydrogens is 268 g/mol. The van der Waals surface area contributed by atoms with Gasteiger partial charge < -0.3 is 15.0 Å². The summed E-state index contributed by atoms with van der Waals surface area (Å²) in [4.78, 5) is 24.5. The zero-order valence-corrected chi connectivity index (χ0v) is 12.5. The monoisotopic (exact) mass is 292 g/mol. The van der Waals surface area contributed by atoms with Gasteiger partial charge in [0.1, 0.15) is 5.56 Å². The Labute approximate surface area is 125 Å². The minimum atomic E-state index is -0.285. The molecule has 0 spiro atoms. The first-order valence-corrected chi connectivity index (χ1v) is 7.73. The van der Waals surface area contributed by atoms with Crippen LogP contribution in [0.3, 0.4) is 0 Å². The van der Waals surface area contributed by atoms with E-state index in [0.29, 0.717) is 13.0 Å². The minimum absolute atomic E-state index is 0.0309. The summed E-state index contributed by atoms with van der Waals surface area (Å²) in [6.07, 6.45) is 6.38.